The molecule has 0 aliphatic heterocycles. The van der Waals surface area contributed by atoms with Crippen LogP contribution in [0.3, 0.4) is 0 Å². The number of anilines is 1. The van der Waals surface area contributed by atoms with E-state index in [1.54, 1.807) is 6.20 Å². The van der Waals surface area contributed by atoms with E-state index in [4.69, 9.17) is 9.97 Å². The van der Waals surface area contributed by atoms with E-state index in [1.807, 2.05) is 19.3 Å². The van der Waals surface area contributed by atoms with Crippen molar-refractivity contribution >= 4 is 5.82 Å². The fourth-order valence-corrected chi connectivity index (χ4v) is 2.79. The number of aryl methyl sites for hydroxylation is 1. The molecule has 0 atom stereocenters. The lowest BCUT2D eigenvalue weighted by molar-refractivity contribution is 0.708. The molecule has 104 valence electrons. The van der Waals surface area contributed by atoms with Crippen LogP contribution in [0.2, 0.25) is 0 Å². The minimum atomic E-state index is 0.746. The number of pyridine rings is 1. The molecular weight excluding hydrogens is 248 g/mol. The Balaban J connectivity index is 1.94. The van der Waals surface area contributed by atoms with Crippen LogP contribution in [0.4, 0.5) is 5.82 Å². The lowest BCUT2D eigenvalue weighted by atomic mass is 10.1. The van der Waals surface area contributed by atoms with Gasteiger partial charge in [0.15, 0.2) is 0 Å². The highest BCUT2D eigenvalue weighted by molar-refractivity contribution is 5.47. The Bertz CT molecular complexity index is 581. The van der Waals surface area contributed by atoms with Crippen LogP contribution in [-0.2, 0) is 19.3 Å². The zero-order chi connectivity index (χ0) is 13.8. The number of nitrogens with one attached hydrogen (secondary N) is 1. The summed E-state index contributed by atoms with van der Waals surface area (Å²) in [4.78, 5) is 13.6. The first-order valence-electron chi connectivity index (χ1n) is 7.32. The van der Waals surface area contributed by atoms with Crippen molar-refractivity contribution in [3.63, 3.8) is 0 Å². The van der Waals surface area contributed by atoms with E-state index in [9.17, 15) is 0 Å². The average molecular weight is 268 g/mol. The lowest BCUT2D eigenvalue weighted by Gasteiger charge is -2.12. The molecular formula is C16H20N4. The molecule has 4 nitrogen and oxygen atoms in total. The topological polar surface area (TPSA) is 50.7 Å². The van der Waals surface area contributed by atoms with Gasteiger partial charge in [-0.05, 0) is 37.3 Å². The van der Waals surface area contributed by atoms with Crippen molar-refractivity contribution in [2.45, 2.75) is 38.5 Å². The number of nitrogens with zero attached hydrogens (tertiary/aromatic N) is 3. The fourth-order valence-electron chi connectivity index (χ4n) is 2.79. The Morgan fingerprint density at radius 2 is 2.05 bits per heavy atom. The second-order valence-electron chi connectivity index (χ2n) is 5.26. The van der Waals surface area contributed by atoms with Crippen molar-refractivity contribution in [2.75, 3.05) is 12.4 Å². The van der Waals surface area contributed by atoms with Crippen LogP contribution >= 0.6 is 0 Å². The van der Waals surface area contributed by atoms with Gasteiger partial charge in [-0.2, -0.15) is 0 Å². The van der Waals surface area contributed by atoms with Gasteiger partial charge >= 0.3 is 0 Å². The molecule has 1 N–H and O–H groups in total. The number of hydrogen-bond donors (Lipinski definition) is 1. The molecule has 0 spiro atoms. The Labute approximate surface area is 119 Å². The lowest BCUT2D eigenvalue weighted by Crippen LogP contribution is -2.09. The molecule has 0 unspecified atom stereocenters. The summed E-state index contributed by atoms with van der Waals surface area (Å²) in [5.74, 6) is 1.90. The third kappa shape index (κ3) is 2.79. The van der Waals surface area contributed by atoms with E-state index in [2.05, 4.69) is 16.4 Å². The molecule has 0 aromatic carbocycles. The van der Waals surface area contributed by atoms with Crippen molar-refractivity contribution in [1.82, 2.24) is 15.0 Å². The van der Waals surface area contributed by atoms with Gasteiger partial charge in [-0.1, -0.05) is 12.5 Å². The first-order valence-corrected chi connectivity index (χ1v) is 7.32. The number of fused-ring (bicyclic) bond motifs is 1. The van der Waals surface area contributed by atoms with Crippen LogP contribution in [0.25, 0.3) is 0 Å². The molecule has 4 heteroatoms. The maximum Gasteiger partial charge on any atom is 0.135 e. The van der Waals surface area contributed by atoms with Gasteiger partial charge in [-0.3, -0.25) is 4.98 Å². The van der Waals surface area contributed by atoms with E-state index >= 15 is 0 Å². The maximum absolute atomic E-state index is 4.80. The first-order chi connectivity index (χ1) is 9.86. The van der Waals surface area contributed by atoms with Crippen LogP contribution in [0.1, 0.15) is 41.9 Å². The van der Waals surface area contributed by atoms with Crippen LogP contribution in [0.5, 0.6) is 0 Å². The van der Waals surface area contributed by atoms with Gasteiger partial charge in [-0.15, -0.1) is 0 Å². The van der Waals surface area contributed by atoms with Crippen LogP contribution in [0, 0.1) is 0 Å². The number of rotatable bonds is 3. The first kappa shape index (κ1) is 13.0. The highest BCUT2D eigenvalue weighted by atomic mass is 15.0. The van der Waals surface area contributed by atoms with Gasteiger partial charge in [0.05, 0.1) is 0 Å². The van der Waals surface area contributed by atoms with E-state index in [-0.39, 0.29) is 0 Å². The maximum atomic E-state index is 4.80. The van der Waals surface area contributed by atoms with Crippen molar-refractivity contribution < 1.29 is 0 Å². The predicted molar refractivity (Wildman–Crippen MR) is 79.9 cm³/mol. The van der Waals surface area contributed by atoms with Gasteiger partial charge in [0.25, 0.3) is 0 Å². The summed E-state index contributed by atoms with van der Waals surface area (Å²) < 4.78 is 0. The quantitative estimate of drug-likeness (QED) is 0.870. The zero-order valence-electron chi connectivity index (χ0n) is 11.9. The van der Waals surface area contributed by atoms with E-state index in [0.29, 0.717) is 0 Å². The fraction of sp³-hybridized carbons (Fsp3) is 0.438. The molecule has 20 heavy (non-hydrogen) atoms. The van der Waals surface area contributed by atoms with Gasteiger partial charge in [0, 0.05) is 37.1 Å². The molecule has 3 rings (SSSR count). The zero-order valence-corrected chi connectivity index (χ0v) is 11.9. The Kier molecular flexibility index (Phi) is 3.90. The highest BCUT2D eigenvalue weighted by Crippen LogP contribution is 2.25. The molecule has 0 bridgehead atoms. The number of hydrogen-bond acceptors (Lipinski definition) is 4. The normalized spacial score (nSPS) is 14.4. The van der Waals surface area contributed by atoms with Crippen LogP contribution in [0.15, 0.2) is 24.5 Å². The molecule has 1 aliphatic rings. The summed E-state index contributed by atoms with van der Waals surface area (Å²) in [6.07, 6.45) is 10.4. The average Bonchev–Trinajstić information content (AvgIpc) is 2.73. The predicted octanol–water partition coefficient (Wildman–Crippen LogP) is 2.77. The van der Waals surface area contributed by atoms with Crippen molar-refractivity contribution in [3.05, 3.63) is 47.2 Å². The van der Waals surface area contributed by atoms with Crippen LogP contribution < -0.4 is 5.32 Å². The summed E-state index contributed by atoms with van der Waals surface area (Å²) in [5, 5.41) is 3.24. The van der Waals surface area contributed by atoms with Crippen LogP contribution in [-0.4, -0.2) is 22.0 Å². The SMILES string of the molecule is CNc1nc(Cc2cccnc2)nc2c1CCCCC2. The van der Waals surface area contributed by atoms with E-state index < -0.39 is 0 Å². The second kappa shape index (κ2) is 5.99. The van der Waals surface area contributed by atoms with Gasteiger partial charge in [-0.25, -0.2) is 9.97 Å². The van der Waals surface area contributed by atoms with E-state index in [0.717, 1.165) is 36.5 Å². The molecule has 0 amide bonds. The van der Waals surface area contributed by atoms with Gasteiger partial charge in [0.1, 0.15) is 11.6 Å². The summed E-state index contributed by atoms with van der Waals surface area (Å²) in [6.45, 7) is 0. The monoisotopic (exact) mass is 268 g/mol. The molecule has 1 aliphatic carbocycles. The Hall–Kier alpha value is -1.97. The molecule has 0 radical (unpaired) electrons. The third-order valence-corrected chi connectivity index (χ3v) is 3.80. The molecule has 0 saturated heterocycles. The van der Waals surface area contributed by atoms with Crippen molar-refractivity contribution in [3.8, 4) is 0 Å². The Morgan fingerprint density at radius 1 is 1.15 bits per heavy atom. The summed E-state index contributed by atoms with van der Waals surface area (Å²) in [7, 11) is 1.95. The highest BCUT2D eigenvalue weighted by Gasteiger charge is 2.16. The molecule has 0 saturated carbocycles. The smallest absolute Gasteiger partial charge is 0.135 e. The third-order valence-electron chi connectivity index (χ3n) is 3.80. The van der Waals surface area contributed by atoms with Gasteiger partial charge in [0.2, 0.25) is 0 Å². The molecule has 2 aromatic rings. The summed E-state index contributed by atoms with van der Waals surface area (Å²) >= 11 is 0. The largest absolute Gasteiger partial charge is 0.373 e. The standard InChI is InChI=1S/C16H20N4/c1-17-16-13-7-3-2-4-8-14(13)19-15(20-16)10-12-6-5-9-18-11-12/h5-6,9,11H,2-4,7-8,10H2,1H3,(H,17,19,20). The van der Waals surface area contributed by atoms with E-state index in [1.165, 1.54) is 30.5 Å². The molecule has 2 heterocycles. The Morgan fingerprint density at radius 3 is 2.85 bits per heavy atom. The molecule has 2 aromatic heterocycles. The minimum Gasteiger partial charge on any atom is -0.373 e. The van der Waals surface area contributed by atoms with Crippen molar-refractivity contribution in [2.24, 2.45) is 0 Å². The number of aromatic nitrogens is 3. The summed E-state index contributed by atoms with van der Waals surface area (Å²) in [6, 6.07) is 4.03. The second-order valence-corrected chi connectivity index (χ2v) is 5.26. The van der Waals surface area contributed by atoms with Crippen molar-refractivity contribution in [1.29, 1.82) is 0 Å². The molecule has 0 fully saturated rings. The minimum absolute atomic E-state index is 0.746. The van der Waals surface area contributed by atoms with Gasteiger partial charge < -0.3 is 5.32 Å². The summed E-state index contributed by atoms with van der Waals surface area (Å²) in [5.41, 5.74) is 3.71.